The molecule has 1 amide bonds. The van der Waals surface area contributed by atoms with Gasteiger partial charge in [0.05, 0.1) is 11.3 Å². The maximum Gasteiger partial charge on any atom is 0.416 e. The number of carbonyl (C=O) groups is 1. The predicted molar refractivity (Wildman–Crippen MR) is 96.6 cm³/mol. The van der Waals surface area contributed by atoms with E-state index in [9.17, 15) is 23.1 Å². The number of halogens is 4. The molecule has 1 saturated carbocycles. The van der Waals surface area contributed by atoms with Crippen molar-refractivity contribution in [3.05, 3.63) is 58.6 Å². The fraction of sp³-hybridized carbons (Fsp3) is 0.263. The number of carbonyl (C=O) groups excluding carboxylic acids is 1. The van der Waals surface area contributed by atoms with E-state index in [1.165, 1.54) is 30.3 Å². The van der Waals surface area contributed by atoms with Gasteiger partial charge >= 0.3 is 6.18 Å². The van der Waals surface area contributed by atoms with E-state index < -0.39 is 29.3 Å². The first-order valence-electron chi connectivity index (χ1n) is 8.41. The van der Waals surface area contributed by atoms with Crippen molar-refractivity contribution in [3.8, 4) is 5.75 Å². The van der Waals surface area contributed by atoms with Crippen molar-refractivity contribution >= 4 is 29.1 Å². The molecule has 2 N–H and O–H groups in total. The Morgan fingerprint density at radius 2 is 1.89 bits per heavy atom. The lowest BCUT2D eigenvalue weighted by molar-refractivity contribution is -0.137. The first-order valence-corrected chi connectivity index (χ1v) is 8.79. The summed E-state index contributed by atoms with van der Waals surface area (Å²) in [6, 6.07) is 8.65. The van der Waals surface area contributed by atoms with Crippen molar-refractivity contribution in [3.63, 3.8) is 0 Å². The van der Waals surface area contributed by atoms with Gasteiger partial charge in [-0.05, 0) is 55.3 Å². The molecule has 2 aromatic rings. The van der Waals surface area contributed by atoms with Gasteiger partial charge in [-0.25, -0.2) is 4.99 Å². The largest absolute Gasteiger partial charge is 0.506 e. The lowest BCUT2D eigenvalue weighted by atomic mass is 10.1. The van der Waals surface area contributed by atoms with Crippen molar-refractivity contribution in [2.75, 3.05) is 5.32 Å². The molecule has 0 radical (unpaired) electrons. The number of hydrogen-bond donors (Lipinski definition) is 2. The summed E-state index contributed by atoms with van der Waals surface area (Å²) < 4.78 is 43.9. The predicted octanol–water partition coefficient (Wildman–Crippen LogP) is 4.38. The molecule has 1 spiro atoms. The fourth-order valence-electron chi connectivity index (χ4n) is 3.05. The van der Waals surface area contributed by atoms with Crippen LogP contribution in [0.2, 0.25) is 5.02 Å². The fourth-order valence-corrected chi connectivity index (χ4v) is 3.22. The standard InChI is InChI=1S/C19H14ClF3N2O3/c20-12-5-6-14(26)13(9-12)24-16(27)15-18(7-8-18)25-17(28-15)10-1-3-11(4-2-10)19(21,22)23/h1-6,9,15,26H,7-8H2,(H,24,27). The summed E-state index contributed by atoms with van der Waals surface area (Å²) in [5.41, 5.74) is -1.00. The van der Waals surface area contributed by atoms with Gasteiger partial charge in [-0.15, -0.1) is 0 Å². The number of ether oxygens (including phenoxy) is 1. The maximum absolute atomic E-state index is 12.7. The van der Waals surface area contributed by atoms with Crippen LogP contribution in [0.15, 0.2) is 47.5 Å². The molecule has 1 heterocycles. The lowest BCUT2D eigenvalue weighted by Gasteiger charge is -2.17. The van der Waals surface area contributed by atoms with Crippen LogP contribution < -0.4 is 5.32 Å². The molecule has 146 valence electrons. The zero-order chi connectivity index (χ0) is 20.1. The van der Waals surface area contributed by atoms with Crippen LogP contribution in [0.5, 0.6) is 5.75 Å². The monoisotopic (exact) mass is 410 g/mol. The molecule has 0 bridgehead atoms. The molecule has 4 rings (SSSR count). The third kappa shape index (κ3) is 3.40. The number of aliphatic imine (C=N–C) groups is 1. The molecule has 1 aliphatic carbocycles. The van der Waals surface area contributed by atoms with E-state index in [1.807, 2.05) is 0 Å². The van der Waals surface area contributed by atoms with Crippen LogP contribution in [0.4, 0.5) is 18.9 Å². The number of phenolic OH excluding ortho intramolecular Hbond substituents is 1. The molecule has 1 aliphatic heterocycles. The highest BCUT2D eigenvalue weighted by atomic mass is 35.5. The SMILES string of the molecule is O=C(Nc1cc(Cl)ccc1O)C1OC(c2ccc(C(F)(F)F)cc2)=NC12CC2. The van der Waals surface area contributed by atoms with Crippen molar-refractivity contribution in [2.45, 2.75) is 30.7 Å². The van der Waals surface area contributed by atoms with Gasteiger partial charge in [-0.3, -0.25) is 4.79 Å². The topological polar surface area (TPSA) is 70.9 Å². The van der Waals surface area contributed by atoms with Crippen molar-refractivity contribution < 1.29 is 27.8 Å². The first kappa shape index (κ1) is 18.6. The Morgan fingerprint density at radius 1 is 1.21 bits per heavy atom. The van der Waals surface area contributed by atoms with Gasteiger partial charge in [-0.1, -0.05) is 11.6 Å². The minimum absolute atomic E-state index is 0.127. The Hall–Kier alpha value is -2.74. The zero-order valence-electron chi connectivity index (χ0n) is 14.3. The molecule has 0 aromatic heterocycles. The highest BCUT2D eigenvalue weighted by Gasteiger charge is 2.59. The van der Waals surface area contributed by atoms with Gasteiger partial charge in [0.15, 0.2) is 0 Å². The van der Waals surface area contributed by atoms with Gasteiger partial charge in [0.25, 0.3) is 5.91 Å². The second-order valence-corrected chi connectivity index (χ2v) is 7.18. The van der Waals surface area contributed by atoms with E-state index in [2.05, 4.69) is 10.3 Å². The quantitative estimate of drug-likeness (QED) is 0.738. The van der Waals surface area contributed by atoms with Crippen molar-refractivity contribution in [1.82, 2.24) is 0 Å². The number of rotatable bonds is 3. The molecule has 1 atom stereocenters. The van der Waals surface area contributed by atoms with Crippen LogP contribution in [-0.2, 0) is 15.7 Å². The van der Waals surface area contributed by atoms with Gasteiger partial charge in [0, 0.05) is 10.6 Å². The molecule has 2 aliphatic rings. The lowest BCUT2D eigenvalue weighted by Crippen LogP contribution is -2.37. The number of anilines is 1. The Balaban J connectivity index is 1.53. The van der Waals surface area contributed by atoms with Crippen molar-refractivity contribution in [2.24, 2.45) is 4.99 Å². The van der Waals surface area contributed by atoms with Crippen LogP contribution in [-0.4, -0.2) is 28.6 Å². The third-order valence-corrected chi connectivity index (χ3v) is 4.95. The minimum Gasteiger partial charge on any atom is -0.506 e. The van der Waals surface area contributed by atoms with E-state index >= 15 is 0 Å². The normalized spacial score (nSPS) is 19.9. The van der Waals surface area contributed by atoms with E-state index in [0.717, 1.165) is 12.1 Å². The molecule has 1 fully saturated rings. The molecule has 9 heteroatoms. The minimum atomic E-state index is -4.43. The number of phenols is 1. The smallest absolute Gasteiger partial charge is 0.416 e. The second kappa shape index (κ2) is 6.41. The maximum atomic E-state index is 12.7. The number of alkyl halides is 3. The Bertz CT molecular complexity index is 969. The molecule has 0 saturated heterocycles. The van der Waals surface area contributed by atoms with E-state index in [4.69, 9.17) is 16.3 Å². The Morgan fingerprint density at radius 3 is 2.50 bits per heavy atom. The summed E-state index contributed by atoms with van der Waals surface area (Å²) in [5.74, 6) is -0.535. The van der Waals surface area contributed by atoms with Crippen LogP contribution in [0.3, 0.4) is 0 Å². The number of nitrogens with one attached hydrogen (secondary N) is 1. The number of aromatic hydroxyl groups is 1. The average molecular weight is 411 g/mol. The van der Waals surface area contributed by atoms with Crippen LogP contribution in [0, 0.1) is 0 Å². The summed E-state index contributed by atoms with van der Waals surface area (Å²) in [6.07, 6.45) is -4.13. The number of nitrogens with zero attached hydrogens (tertiary/aromatic N) is 1. The van der Waals surface area contributed by atoms with E-state index in [-0.39, 0.29) is 17.3 Å². The third-order valence-electron chi connectivity index (χ3n) is 4.72. The van der Waals surface area contributed by atoms with Gasteiger partial charge in [0.1, 0.15) is 11.3 Å². The highest BCUT2D eigenvalue weighted by molar-refractivity contribution is 6.31. The summed E-state index contributed by atoms with van der Waals surface area (Å²) in [5, 5.41) is 12.8. The van der Waals surface area contributed by atoms with E-state index in [0.29, 0.717) is 23.4 Å². The first-order chi connectivity index (χ1) is 13.2. The van der Waals surface area contributed by atoms with Crippen LogP contribution in [0.25, 0.3) is 0 Å². The molecule has 28 heavy (non-hydrogen) atoms. The van der Waals surface area contributed by atoms with Gasteiger partial charge in [0.2, 0.25) is 12.0 Å². The van der Waals surface area contributed by atoms with Crippen LogP contribution >= 0.6 is 11.6 Å². The molecule has 5 nitrogen and oxygen atoms in total. The van der Waals surface area contributed by atoms with Crippen LogP contribution in [0.1, 0.15) is 24.0 Å². The summed E-state index contributed by atoms with van der Waals surface area (Å²) >= 11 is 5.88. The Kier molecular flexibility index (Phi) is 4.26. The number of benzene rings is 2. The summed E-state index contributed by atoms with van der Waals surface area (Å²) in [7, 11) is 0. The molecular weight excluding hydrogens is 397 g/mol. The van der Waals surface area contributed by atoms with Crippen molar-refractivity contribution in [1.29, 1.82) is 0 Å². The zero-order valence-corrected chi connectivity index (χ0v) is 15.0. The average Bonchev–Trinajstić information content (AvgIpc) is 3.29. The van der Waals surface area contributed by atoms with Gasteiger partial charge < -0.3 is 15.2 Å². The van der Waals surface area contributed by atoms with Gasteiger partial charge in [-0.2, -0.15) is 13.2 Å². The Labute approximate surface area is 162 Å². The summed E-state index contributed by atoms with van der Waals surface area (Å²) in [6.45, 7) is 0. The van der Waals surface area contributed by atoms with E-state index in [1.54, 1.807) is 0 Å². The second-order valence-electron chi connectivity index (χ2n) is 6.74. The number of hydrogen-bond acceptors (Lipinski definition) is 4. The highest BCUT2D eigenvalue weighted by Crippen LogP contribution is 2.49. The molecule has 2 aromatic carbocycles. The molecule has 1 unspecified atom stereocenters. The summed E-state index contributed by atoms with van der Waals surface area (Å²) in [4.78, 5) is 17.1. The number of amides is 1. The molecular formula is C19H14ClF3N2O3.